The molecule has 0 aliphatic rings. The van der Waals surface area contributed by atoms with Crippen LogP contribution in [0.5, 0.6) is 0 Å². The number of rotatable bonds is 2. The van der Waals surface area contributed by atoms with Crippen molar-refractivity contribution in [3.63, 3.8) is 0 Å². The molecule has 0 unspecified atom stereocenters. The standard InChI is InChI=1S/C12H27B2Cl2N/c1-10(2,3)13(15)17(12(7,8)9)14(16)11(4,5)6/h1-9H3. The Morgan fingerprint density at radius 1 is 0.647 bits per heavy atom. The van der Waals surface area contributed by atoms with Crippen LogP contribution in [0.3, 0.4) is 0 Å². The summed E-state index contributed by atoms with van der Waals surface area (Å²) in [7, 11) is 0. The van der Waals surface area contributed by atoms with Crippen LogP contribution in [0.15, 0.2) is 0 Å². The van der Waals surface area contributed by atoms with Gasteiger partial charge < -0.3 is 4.72 Å². The fraction of sp³-hybridized carbons (Fsp3) is 1.00. The molecule has 0 heterocycles. The molecular weight excluding hydrogens is 251 g/mol. The van der Waals surface area contributed by atoms with Crippen molar-refractivity contribution < 1.29 is 0 Å². The molecule has 0 radical (unpaired) electrons. The van der Waals surface area contributed by atoms with E-state index in [0.29, 0.717) is 0 Å². The van der Waals surface area contributed by atoms with E-state index >= 15 is 0 Å². The fourth-order valence-corrected chi connectivity index (χ4v) is 2.50. The first-order chi connectivity index (χ1) is 7.19. The molecule has 0 aromatic carbocycles. The van der Waals surface area contributed by atoms with Gasteiger partial charge in [0, 0.05) is 0 Å². The predicted octanol–water partition coefficient (Wildman–Crippen LogP) is 5.14. The van der Waals surface area contributed by atoms with E-state index in [1.165, 1.54) is 0 Å². The van der Waals surface area contributed by atoms with E-state index in [9.17, 15) is 0 Å². The molecule has 17 heavy (non-hydrogen) atoms. The maximum atomic E-state index is 6.65. The van der Waals surface area contributed by atoms with E-state index in [2.05, 4.69) is 67.0 Å². The van der Waals surface area contributed by atoms with Crippen LogP contribution in [0.2, 0.25) is 10.6 Å². The molecule has 5 heteroatoms. The third-order valence-corrected chi connectivity index (χ3v) is 4.42. The van der Waals surface area contributed by atoms with Gasteiger partial charge in [-0.3, -0.25) is 0 Å². The minimum absolute atomic E-state index is 0.00672. The summed E-state index contributed by atoms with van der Waals surface area (Å²) in [5.74, 6) is 0. The van der Waals surface area contributed by atoms with Gasteiger partial charge in [0.05, 0.1) is 0 Å². The van der Waals surface area contributed by atoms with E-state index in [-0.39, 0.29) is 28.7 Å². The predicted molar refractivity (Wildman–Crippen MR) is 84.2 cm³/mol. The zero-order chi connectivity index (χ0) is 14.2. The number of halogens is 2. The van der Waals surface area contributed by atoms with Crippen molar-refractivity contribution in [2.24, 2.45) is 0 Å². The Kier molecular flexibility index (Phi) is 5.56. The first-order valence-corrected chi connectivity index (χ1v) is 7.13. The minimum atomic E-state index is -0.0933. The molecule has 0 aromatic heterocycles. The van der Waals surface area contributed by atoms with Crippen LogP contribution >= 0.6 is 22.9 Å². The average Bonchev–Trinajstić information content (AvgIpc) is 1.97. The van der Waals surface area contributed by atoms with Crippen LogP contribution in [0.4, 0.5) is 0 Å². The molecule has 0 bridgehead atoms. The lowest BCUT2D eigenvalue weighted by Gasteiger charge is -2.47. The van der Waals surface area contributed by atoms with Crippen molar-refractivity contribution in [1.82, 2.24) is 4.72 Å². The smallest absolute Gasteiger partial charge is 0.327 e. The van der Waals surface area contributed by atoms with Gasteiger partial charge in [-0.15, -0.1) is 0 Å². The second-order valence-corrected chi connectivity index (χ2v) is 8.81. The van der Waals surface area contributed by atoms with Crippen molar-refractivity contribution in [3.8, 4) is 0 Å². The normalized spacial score (nSPS) is 14.1. The Balaban J connectivity index is 5.32. The quantitative estimate of drug-likeness (QED) is 0.632. The highest BCUT2D eigenvalue weighted by Crippen LogP contribution is 2.41. The minimum Gasteiger partial charge on any atom is -0.351 e. The fourth-order valence-electron chi connectivity index (χ4n) is 1.63. The van der Waals surface area contributed by atoms with Crippen LogP contribution in [-0.4, -0.2) is 22.8 Å². The molecule has 0 aromatic rings. The van der Waals surface area contributed by atoms with Gasteiger partial charge in [-0.1, -0.05) is 41.5 Å². The summed E-state index contributed by atoms with van der Waals surface area (Å²) in [4.78, 5) is 0. The second-order valence-electron chi connectivity index (χ2n) is 7.98. The highest BCUT2D eigenvalue weighted by Gasteiger charge is 2.47. The Morgan fingerprint density at radius 3 is 1.00 bits per heavy atom. The molecule has 0 atom stereocenters. The van der Waals surface area contributed by atoms with E-state index in [1.807, 2.05) is 0 Å². The summed E-state index contributed by atoms with van der Waals surface area (Å²) in [6.45, 7) is 19.4. The van der Waals surface area contributed by atoms with E-state index in [4.69, 9.17) is 22.9 Å². The Morgan fingerprint density at radius 2 is 0.882 bits per heavy atom. The largest absolute Gasteiger partial charge is 0.351 e. The van der Waals surface area contributed by atoms with E-state index in [1.54, 1.807) is 0 Å². The second kappa shape index (κ2) is 5.35. The third kappa shape index (κ3) is 5.04. The Labute approximate surface area is 119 Å². The van der Waals surface area contributed by atoms with Crippen LogP contribution in [0.25, 0.3) is 0 Å². The third-order valence-electron chi connectivity index (χ3n) is 2.69. The summed E-state index contributed by atoms with van der Waals surface area (Å²) >= 11 is 13.3. The van der Waals surface area contributed by atoms with E-state index < -0.39 is 0 Å². The van der Waals surface area contributed by atoms with Crippen molar-refractivity contribution in [1.29, 1.82) is 0 Å². The maximum absolute atomic E-state index is 6.65. The molecule has 0 N–H and O–H groups in total. The van der Waals surface area contributed by atoms with Gasteiger partial charge in [0.2, 0.25) is 0 Å². The molecule has 0 fully saturated rings. The molecule has 0 saturated heterocycles. The highest BCUT2D eigenvalue weighted by molar-refractivity contribution is 7.17. The van der Waals surface area contributed by atoms with Crippen molar-refractivity contribution in [2.75, 3.05) is 0 Å². The van der Waals surface area contributed by atoms with Crippen molar-refractivity contribution in [3.05, 3.63) is 0 Å². The first-order valence-electron chi connectivity index (χ1n) is 6.25. The topological polar surface area (TPSA) is 3.24 Å². The lowest BCUT2D eigenvalue weighted by Crippen LogP contribution is -2.59. The van der Waals surface area contributed by atoms with E-state index in [0.717, 1.165) is 0 Å². The molecule has 1 nitrogen and oxygen atoms in total. The molecule has 0 aliphatic carbocycles. The maximum Gasteiger partial charge on any atom is 0.327 e. The van der Waals surface area contributed by atoms with Gasteiger partial charge in [-0.25, -0.2) is 0 Å². The molecule has 0 rings (SSSR count). The van der Waals surface area contributed by atoms with Gasteiger partial charge in [0.15, 0.2) is 0 Å². The molecule has 0 aliphatic heterocycles. The summed E-state index contributed by atoms with van der Waals surface area (Å²) in [6.07, 6.45) is -0.187. The molecule has 0 saturated carbocycles. The van der Waals surface area contributed by atoms with Gasteiger partial charge in [-0.05, 0) is 36.9 Å². The summed E-state index contributed by atoms with van der Waals surface area (Å²) in [6, 6.07) is 0. The molecule has 0 amide bonds. The number of hydrogen-bond acceptors (Lipinski definition) is 1. The van der Waals surface area contributed by atoms with Crippen LogP contribution < -0.4 is 0 Å². The first kappa shape index (κ1) is 17.7. The molecule has 100 valence electrons. The lowest BCUT2D eigenvalue weighted by molar-refractivity contribution is 0.350. The van der Waals surface area contributed by atoms with Crippen molar-refractivity contribution >= 4 is 35.4 Å². The zero-order valence-corrected chi connectivity index (χ0v) is 14.4. The highest BCUT2D eigenvalue weighted by atomic mass is 35.5. The lowest BCUT2D eigenvalue weighted by atomic mass is 9.49. The SMILES string of the molecule is CC(C)(C)B(Cl)N(B(Cl)C(C)(C)C)C(C)(C)C. The Hall–Kier alpha value is 0.670. The van der Waals surface area contributed by atoms with Gasteiger partial charge in [0.1, 0.15) is 0 Å². The van der Waals surface area contributed by atoms with Gasteiger partial charge >= 0.3 is 12.5 Å². The van der Waals surface area contributed by atoms with Crippen LogP contribution in [0, 0.1) is 0 Å². The van der Waals surface area contributed by atoms with Gasteiger partial charge in [-0.2, -0.15) is 22.9 Å². The Bertz CT molecular complexity index is 231. The van der Waals surface area contributed by atoms with Gasteiger partial charge in [0.25, 0.3) is 0 Å². The summed E-state index contributed by atoms with van der Waals surface area (Å²) in [5.41, 5.74) is -0.0562. The summed E-state index contributed by atoms with van der Waals surface area (Å²) < 4.78 is 2.22. The van der Waals surface area contributed by atoms with Crippen LogP contribution in [-0.2, 0) is 0 Å². The molecule has 0 spiro atoms. The monoisotopic (exact) mass is 277 g/mol. The number of hydrogen-bond donors (Lipinski definition) is 0. The van der Waals surface area contributed by atoms with Crippen LogP contribution in [0.1, 0.15) is 62.3 Å². The van der Waals surface area contributed by atoms with Crippen molar-refractivity contribution in [2.45, 2.75) is 78.5 Å². The number of nitrogens with zero attached hydrogens (tertiary/aromatic N) is 1. The average molecular weight is 278 g/mol. The zero-order valence-electron chi connectivity index (χ0n) is 12.9. The molecular formula is C12H27B2Cl2N. The summed E-state index contributed by atoms with van der Waals surface area (Å²) in [5, 5.41) is -0.0134.